The Balaban J connectivity index is 1.75. The van der Waals surface area contributed by atoms with Crippen molar-refractivity contribution < 1.29 is 4.79 Å². The summed E-state index contributed by atoms with van der Waals surface area (Å²) in [5, 5.41) is 3.68. The molecule has 1 N–H and O–H groups in total. The summed E-state index contributed by atoms with van der Waals surface area (Å²) in [5.74, 6) is 1.13. The molecule has 1 saturated carbocycles. The fourth-order valence-electron chi connectivity index (χ4n) is 3.53. The number of hydrogen-bond donors (Lipinski definition) is 1. The first-order valence-corrected chi connectivity index (χ1v) is 7.94. The molecule has 2 aliphatic rings. The zero-order valence-corrected chi connectivity index (χ0v) is 12.3. The van der Waals surface area contributed by atoms with Gasteiger partial charge in [0, 0.05) is 19.0 Å². The molecule has 0 bridgehead atoms. The SMILES string of the molecule is CCC1CCC(Nc2ccccc2N2CCCC2=O)C1. The summed E-state index contributed by atoms with van der Waals surface area (Å²) in [6.45, 7) is 3.14. The number of nitrogens with zero attached hydrogens (tertiary/aromatic N) is 1. The lowest BCUT2D eigenvalue weighted by atomic mass is 10.1. The van der Waals surface area contributed by atoms with Gasteiger partial charge in [-0.3, -0.25) is 4.79 Å². The number of amides is 1. The topological polar surface area (TPSA) is 32.3 Å². The van der Waals surface area contributed by atoms with Gasteiger partial charge in [0.15, 0.2) is 0 Å². The van der Waals surface area contributed by atoms with Gasteiger partial charge in [0.25, 0.3) is 0 Å². The Morgan fingerprint density at radius 2 is 2.15 bits per heavy atom. The van der Waals surface area contributed by atoms with Crippen LogP contribution in [-0.2, 0) is 4.79 Å². The van der Waals surface area contributed by atoms with E-state index in [0.717, 1.165) is 30.3 Å². The molecule has 1 saturated heterocycles. The third kappa shape index (κ3) is 2.67. The summed E-state index contributed by atoms with van der Waals surface area (Å²) in [5.41, 5.74) is 2.19. The summed E-state index contributed by atoms with van der Waals surface area (Å²) in [4.78, 5) is 13.9. The minimum atomic E-state index is 0.261. The average Bonchev–Trinajstić information content (AvgIpc) is 3.08. The van der Waals surface area contributed by atoms with Gasteiger partial charge in [0.05, 0.1) is 11.4 Å². The van der Waals surface area contributed by atoms with Gasteiger partial charge in [0.1, 0.15) is 0 Å². The summed E-state index contributed by atoms with van der Waals surface area (Å²) in [6, 6.07) is 8.82. The molecular formula is C17H24N2O. The number of hydrogen-bond acceptors (Lipinski definition) is 2. The van der Waals surface area contributed by atoms with E-state index in [4.69, 9.17) is 0 Å². The molecule has 0 radical (unpaired) electrons. The number of anilines is 2. The van der Waals surface area contributed by atoms with Crippen LogP contribution >= 0.6 is 0 Å². The molecule has 1 aliphatic carbocycles. The largest absolute Gasteiger partial charge is 0.381 e. The van der Waals surface area contributed by atoms with Gasteiger partial charge in [0.2, 0.25) is 5.91 Å². The number of carbonyl (C=O) groups excluding carboxylic acids is 1. The minimum Gasteiger partial charge on any atom is -0.381 e. The van der Waals surface area contributed by atoms with E-state index in [9.17, 15) is 4.79 Å². The molecule has 2 atom stereocenters. The highest BCUT2D eigenvalue weighted by atomic mass is 16.2. The second kappa shape index (κ2) is 5.86. The zero-order chi connectivity index (χ0) is 13.9. The van der Waals surface area contributed by atoms with Crippen LogP contribution in [0.2, 0.25) is 0 Å². The van der Waals surface area contributed by atoms with E-state index in [0.29, 0.717) is 12.5 Å². The van der Waals surface area contributed by atoms with Crippen LogP contribution < -0.4 is 10.2 Å². The van der Waals surface area contributed by atoms with Crippen LogP contribution in [0, 0.1) is 5.92 Å². The molecule has 3 nitrogen and oxygen atoms in total. The molecule has 2 fully saturated rings. The molecule has 1 aromatic carbocycles. The quantitative estimate of drug-likeness (QED) is 0.904. The fourth-order valence-corrected chi connectivity index (χ4v) is 3.53. The van der Waals surface area contributed by atoms with Crippen molar-refractivity contribution in [2.45, 2.75) is 51.5 Å². The van der Waals surface area contributed by atoms with Crippen molar-refractivity contribution in [1.29, 1.82) is 0 Å². The molecule has 0 spiro atoms. The van der Waals surface area contributed by atoms with Gasteiger partial charge in [-0.1, -0.05) is 25.5 Å². The van der Waals surface area contributed by atoms with Crippen LogP contribution in [0.25, 0.3) is 0 Å². The molecule has 3 rings (SSSR count). The molecular weight excluding hydrogens is 248 g/mol. The van der Waals surface area contributed by atoms with Crippen molar-refractivity contribution in [1.82, 2.24) is 0 Å². The van der Waals surface area contributed by atoms with Gasteiger partial charge in [-0.2, -0.15) is 0 Å². The van der Waals surface area contributed by atoms with E-state index in [1.165, 1.54) is 25.7 Å². The lowest BCUT2D eigenvalue weighted by Crippen LogP contribution is -2.26. The molecule has 108 valence electrons. The standard InChI is InChI=1S/C17H24N2O/c1-2-13-9-10-14(12-13)18-15-6-3-4-7-16(15)19-11-5-8-17(19)20/h3-4,6-7,13-14,18H,2,5,8-12H2,1H3. The molecule has 1 heterocycles. The highest BCUT2D eigenvalue weighted by Gasteiger charge is 2.26. The number of para-hydroxylation sites is 2. The highest BCUT2D eigenvalue weighted by molar-refractivity contribution is 5.98. The average molecular weight is 272 g/mol. The third-order valence-electron chi connectivity index (χ3n) is 4.75. The number of carbonyl (C=O) groups is 1. The van der Waals surface area contributed by atoms with Gasteiger partial charge in [-0.15, -0.1) is 0 Å². The highest BCUT2D eigenvalue weighted by Crippen LogP contribution is 2.34. The van der Waals surface area contributed by atoms with Crippen molar-refractivity contribution in [3.05, 3.63) is 24.3 Å². The molecule has 0 aromatic heterocycles. The van der Waals surface area contributed by atoms with Gasteiger partial charge >= 0.3 is 0 Å². The predicted octanol–water partition coefficient (Wildman–Crippen LogP) is 3.80. The Bertz CT molecular complexity index is 486. The van der Waals surface area contributed by atoms with Gasteiger partial charge in [-0.25, -0.2) is 0 Å². The van der Waals surface area contributed by atoms with Gasteiger partial charge < -0.3 is 10.2 Å². The summed E-state index contributed by atoms with van der Waals surface area (Å²) < 4.78 is 0. The maximum atomic E-state index is 12.0. The Labute approximate surface area is 121 Å². The second-order valence-corrected chi connectivity index (χ2v) is 6.09. The zero-order valence-electron chi connectivity index (χ0n) is 12.3. The van der Waals surface area contributed by atoms with Crippen LogP contribution in [0.15, 0.2) is 24.3 Å². The molecule has 1 aromatic rings. The maximum absolute atomic E-state index is 12.0. The summed E-state index contributed by atoms with van der Waals surface area (Å²) in [6.07, 6.45) is 6.80. The first-order valence-electron chi connectivity index (χ1n) is 7.94. The van der Waals surface area contributed by atoms with Crippen molar-refractivity contribution in [3.63, 3.8) is 0 Å². The van der Waals surface area contributed by atoms with E-state index in [-0.39, 0.29) is 5.91 Å². The molecule has 3 heteroatoms. The predicted molar refractivity (Wildman–Crippen MR) is 83.1 cm³/mol. The normalized spacial score (nSPS) is 26.2. The van der Waals surface area contributed by atoms with E-state index in [1.807, 2.05) is 11.0 Å². The smallest absolute Gasteiger partial charge is 0.227 e. The van der Waals surface area contributed by atoms with Crippen LogP contribution in [-0.4, -0.2) is 18.5 Å². The number of rotatable bonds is 4. The third-order valence-corrected chi connectivity index (χ3v) is 4.75. The lowest BCUT2D eigenvalue weighted by Gasteiger charge is -2.23. The lowest BCUT2D eigenvalue weighted by molar-refractivity contribution is -0.117. The Kier molecular flexibility index (Phi) is 3.95. The number of benzene rings is 1. The van der Waals surface area contributed by atoms with Crippen molar-refractivity contribution in [2.75, 3.05) is 16.8 Å². The summed E-state index contributed by atoms with van der Waals surface area (Å²) in [7, 11) is 0. The fraction of sp³-hybridized carbons (Fsp3) is 0.588. The van der Waals surface area contributed by atoms with Gasteiger partial charge in [-0.05, 0) is 43.7 Å². The molecule has 20 heavy (non-hydrogen) atoms. The first kappa shape index (κ1) is 13.5. The molecule has 1 amide bonds. The summed E-state index contributed by atoms with van der Waals surface area (Å²) >= 11 is 0. The Morgan fingerprint density at radius 1 is 1.30 bits per heavy atom. The minimum absolute atomic E-state index is 0.261. The van der Waals surface area contributed by atoms with Crippen LogP contribution in [0.4, 0.5) is 11.4 Å². The van der Waals surface area contributed by atoms with Crippen molar-refractivity contribution in [2.24, 2.45) is 5.92 Å². The number of nitrogens with one attached hydrogen (secondary N) is 1. The van der Waals surface area contributed by atoms with Crippen molar-refractivity contribution >= 4 is 17.3 Å². The van der Waals surface area contributed by atoms with Crippen molar-refractivity contribution in [3.8, 4) is 0 Å². The second-order valence-electron chi connectivity index (χ2n) is 6.09. The van der Waals surface area contributed by atoms with Crippen LogP contribution in [0.5, 0.6) is 0 Å². The van der Waals surface area contributed by atoms with Crippen LogP contribution in [0.3, 0.4) is 0 Å². The van der Waals surface area contributed by atoms with E-state index < -0.39 is 0 Å². The first-order chi connectivity index (χ1) is 9.78. The van der Waals surface area contributed by atoms with E-state index >= 15 is 0 Å². The van der Waals surface area contributed by atoms with Crippen LogP contribution in [0.1, 0.15) is 45.4 Å². The van der Waals surface area contributed by atoms with E-state index in [1.54, 1.807) is 0 Å². The monoisotopic (exact) mass is 272 g/mol. The Morgan fingerprint density at radius 3 is 2.85 bits per heavy atom. The maximum Gasteiger partial charge on any atom is 0.227 e. The van der Waals surface area contributed by atoms with E-state index in [2.05, 4.69) is 30.4 Å². The Hall–Kier alpha value is -1.51. The molecule has 2 unspecified atom stereocenters. The molecule has 1 aliphatic heterocycles.